The summed E-state index contributed by atoms with van der Waals surface area (Å²) in [5, 5.41) is 3.11. The van der Waals surface area contributed by atoms with Crippen LogP contribution in [0.25, 0.3) is 0 Å². The summed E-state index contributed by atoms with van der Waals surface area (Å²) in [6.45, 7) is 2.95. The van der Waals surface area contributed by atoms with E-state index < -0.39 is 15.9 Å². The van der Waals surface area contributed by atoms with E-state index in [2.05, 4.69) is 17.0 Å². The van der Waals surface area contributed by atoms with E-state index in [-0.39, 0.29) is 16.1 Å². The van der Waals surface area contributed by atoms with E-state index in [0.29, 0.717) is 23.9 Å². The van der Waals surface area contributed by atoms with Crippen LogP contribution >= 0.6 is 11.6 Å². The van der Waals surface area contributed by atoms with Crippen LogP contribution in [0, 0.1) is 0 Å². The molecule has 0 aliphatic carbocycles. The van der Waals surface area contributed by atoms with Crippen molar-refractivity contribution in [3.8, 4) is 5.75 Å². The SMILES string of the molecule is CCCCOc1ccc(S(=O)(=O)Nc2cc(Cl)ccc2C(=O)NCc2ccccc2)cc1. The molecule has 3 rings (SSSR count). The fraction of sp³-hybridized carbons (Fsp3) is 0.208. The molecule has 0 aliphatic rings. The highest BCUT2D eigenvalue weighted by atomic mass is 35.5. The van der Waals surface area contributed by atoms with Crippen molar-refractivity contribution in [2.45, 2.75) is 31.2 Å². The molecule has 0 bridgehead atoms. The summed E-state index contributed by atoms with van der Waals surface area (Å²) >= 11 is 6.07. The van der Waals surface area contributed by atoms with Crippen LogP contribution in [0.3, 0.4) is 0 Å². The fourth-order valence-corrected chi connectivity index (χ4v) is 4.17. The molecule has 0 fully saturated rings. The maximum Gasteiger partial charge on any atom is 0.261 e. The molecule has 8 heteroatoms. The molecule has 1 amide bonds. The summed E-state index contributed by atoms with van der Waals surface area (Å²) in [6.07, 6.45) is 1.93. The number of hydrogen-bond donors (Lipinski definition) is 2. The van der Waals surface area contributed by atoms with Crippen LogP contribution in [0.15, 0.2) is 77.7 Å². The van der Waals surface area contributed by atoms with Crippen molar-refractivity contribution in [1.29, 1.82) is 0 Å². The number of amides is 1. The quantitative estimate of drug-likeness (QED) is 0.395. The minimum Gasteiger partial charge on any atom is -0.494 e. The molecule has 0 heterocycles. The van der Waals surface area contributed by atoms with Gasteiger partial charge >= 0.3 is 0 Å². The molecule has 6 nitrogen and oxygen atoms in total. The lowest BCUT2D eigenvalue weighted by molar-refractivity contribution is 0.0952. The number of rotatable bonds is 10. The molecule has 2 N–H and O–H groups in total. The Morgan fingerprint density at radius 1 is 1.00 bits per heavy atom. The molecular weight excluding hydrogens is 448 g/mol. The van der Waals surface area contributed by atoms with E-state index >= 15 is 0 Å². The molecule has 32 heavy (non-hydrogen) atoms. The van der Waals surface area contributed by atoms with Crippen LogP contribution in [0.1, 0.15) is 35.7 Å². The predicted octanol–water partition coefficient (Wildman–Crippen LogP) is 5.25. The summed E-state index contributed by atoms with van der Waals surface area (Å²) in [7, 11) is -3.94. The van der Waals surface area contributed by atoms with E-state index in [4.69, 9.17) is 16.3 Å². The molecule has 3 aromatic rings. The molecular formula is C24H25ClN2O4S. The van der Waals surface area contributed by atoms with E-state index in [0.717, 1.165) is 18.4 Å². The van der Waals surface area contributed by atoms with Gasteiger partial charge in [0, 0.05) is 11.6 Å². The Labute approximate surface area is 193 Å². The number of benzene rings is 3. The van der Waals surface area contributed by atoms with E-state index in [1.54, 1.807) is 18.2 Å². The molecule has 0 saturated carbocycles. The van der Waals surface area contributed by atoms with Gasteiger partial charge in [-0.2, -0.15) is 0 Å². The fourth-order valence-electron chi connectivity index (χ4n) is 2.93. The first-order valence-electron chi connectivity index (χ1n) is 10.3. The number of unbranched alkanes of at least 4 members (excludes halogenated alkanes) is 1. The topological polar surface area (TPSA) is 84.5 Å². The zero-order valence-electron chi connectivity index (χ0n) is 17.7. The second-order valence-electron chi connectivity index (χ2n) is 7.14. The van der Waals surface area contributed by atoms with Gasteiger partial charge in [0.05, 0.1) is 22.8 Å². The van der Waals surface area contributed by atoms with Crippen molar-refractivity contribution in [3.05, 3.63) is 88.9 Å². The van der Waals surface area contributed by atoms with E-state index in [9.17, 15) is 13.2 Å². The zero-order valence-corrected chi connectivity index (χ0v) is 19.2. The lowest BCUT2D eigenvalue weighted by Gasteiger charge is -2.14. The molecule has 3 aromatic carbocycles. The molecule has 0 atom stereocenters. The van der Waals surface area contributed by atoms with Crippen molar-refractivity contribution in [1.82, 2.24) is 5.32 Å². The first-order valence-corrected chi connectivity index (χ1v) is 12.1. The number of halogens is 1. The largest absolute Gasteiger partial charge is 0.494 e. The van der Waals surface area contributed by atoms with Gasteiger partial charge in [0.1, 0.15) is 5.75 Å². The summed E-state index contributed by atoms with van der Waals surface area (Å²) in [5.74, 6) is 0.184. The predicted molar refractivity (Wildman–Crippen MR) is 127 cm³/mol. The maximum absolute atomic E-state index is 12.9. The van der Waals surface area contributed by atoms with Gasteiger partial charge in [-0.05, 0) is 54.4 Å². The highest BCUT2D eigenvalue weighted by Gasteiger charge is 2.19. The van der Waals surface area contributed by atoms with Crippen molar-refractivity contribution in [2.24, 2.45) is 0 Å². The summed E-state index contributed by atoms with van der Waals surface area (Å²) < 4.78 is 33.9. The number of anilines is 1. The lowest BCUT2D eigenvalue weighted by Crippen LogP contribution is -2.25. The minimum absolute atomic E-state index is 0.0518. The van der Waals surface area contributed by atoms with Gasteiger partial charge in [-0.3, -0.25) is 9.52 Å². The van der Waals surface area contributed by atoms with Crippen LogP contribution in [-0.4, -0.2) is 20.9 Å². The summed E-state index contributed by atoms with van der Waals surface area (Å²) in [6, 6.07) is 20.0. The second kappa shape index (κ2) is 11.0. The monoisotopic (exact) mass is 472 g/mol. The Kier molecular flexibility index (Phi) is 8.14. The Morgan fingerprint density at radius 3 is 2.41 bits per heavy atom. The second-order valence-corrected chi connectivity index (χ2v) is 9.26. The third-order valence-corrected chi connectivity index (χ3v) is 6.28. The van der Waals surface area contributed by atoms with Crippen molar-refractivity contribution < 1.29 is 17.9 Å². The Morgan fingerprint density at radius 2 is 1.72 bits per heavy atom. The number of nitrogens with one attached hydrogen (secondary N) is 2. The molecule has 0 saturated heterocycles. The number of carbonyl (C=O) groups is 1. The van der Waals surface area contributed by atoms with Crippen molar-refractivity contribution in [2.75, 3.05) is 11.3 Å². The standard InChI is InChI=1S/C24H25ClN2O4S/c1-2-3-15-31-20-10-12-21(13-11-20)32(29,30)27-23-16-19(25)9-14-22(23)24(28)26-17-18-7-5-4-6-8-18/h4-14,16,27H,2-3,15,17H2,1H3,(H,26,28). The molecule has 0 radical (unpaired) electrons. The van der Waals surface area contributed by atoms with Gasteiger partial charge < -0.3 is 10.1 Å². The van der Waals surface area contributed by atoms with Gasteiger partial charge in [-0.15, -0.1) is 0 Å². The zero-order chi connectivity index (χ0) is 23.0. The van der Waals surface area contributed by atoms with E-state index in [1.165, 1.54) is 24.3 Å². The Hall–Kier alpha value is -3.03. The lowest BCUT2D eigenvalue weighted by atomic mass is 10.1. The first-order chi connectivity index (χ1) is 15.4. The van der Waals surface area contributed by atoms with Crippen molar-refractivity contribution in [3.63, 3.8) is 0 Å². The number of ether oxygens (including phenoxy) is 1. The van der Waals surface area contributed by atoms with Crippen LogP contribution in [0.4, 0.5) is 5.69 Å². The van der Waals surface area contributed by atoms with E-state index in [1.807, 2.05) is 30.3 Å². The summed E-state index contributed by atoms with van der Waals surface area (Å²) in [4.78, 5) is 12.8. The maximum atomic E-state index is 12.9. The minimum atomic E-state index is -3.94. The highest BCUT2D eigenvalue weighted by Crippen LogP contribution is 2.25. The van der Waals surface area contributed by atoms with Crippen LogP contribution in [-0.2, 0) is 16.6 Å². The van der Waals surface area contributed by atoms with Crippen LogP contribution in [0.5, 0.6) is 5.75 Å². The third kappa shape index (κ3) is 6.48. The molecule has 168 valence electrons. The van der Waals surface area contributed by atoms with Crippen LogP contribution in [0.2, 0.25) is 5.02 Å². The van der Waals surface area contributed by atoms with Gasteiger partial charge in [0.15, 0.2) is 0 Å². The number of sulfonamides is 1. The third-order valence-electron chi connectivity index (χ3n) is 4.67. The number of hydrogen-bond acceptors (Lipinski definition) is 4. The molecule has 0 unspecified atom stereocenters. The average Bonchev–Trinajstić information content (AvgIpc) is 2.78. The number of carbonyl (C=O) groups excluding carboxylic acids is 1. The highest BCUT2D eigenvalue weighted by molar-refractivity contribution is 7.92. The molecule has 0 aliphatic heterocycles. The smallest absolute Gasteiger partial charge is 0.261 e. The average molecular weight is 473 g/mol. The molecule has 0 aromatic heterocycles. The Bertz CT molecular complexity index is 1150. The van der Waals surface area contributed by atoms with Gasteiger partial charge in [-0.1, -0.05) is 55.3 Å². The normalized spacial score (nSPS) is 11.1. The van der Waals surface area contributed by atoms with Gasteiger partial charge in [0.2, 0.25) is 0 Å². The van der Waals surface area contributed by atoms with Gasteiger partial charge in [0.25, 0.3) is 15.9 Å². The first kappa shape index (κ1) is 23.6. The van der Waals surface area contributed by atoms with Gasteiger partial charge in [-0.25, -0.2) is 8.42 Å². The van der Waals surface area contributed by atoms with Crippen LogP contribution < -0.4 is 14.8 Å². The molecule has 0 spiro atoms. The van der Waals surface area contributed by atoms with Crippen molar-refractivity contribution >= 4 is 33.2 Å². The summed E-state index contributed by atoms with van der Waals surface area (Å²) in [5.41, 5.74) is 1.21. The Balaban J connectivity index is 1.75.